The van der Waals surface area contributed by atoms with Crippen LogP contribution in [0.15, 0.2) is 30.5 Å². The molecule has 2 amide bonds. The number of nitrogens with zero attached hydrogens (tertiary/aromatic N) is 1. The molecule has 6 heteroatoms. The molecule has 0 unspecified atom stereocenters. The summed E-state index contributed by atoms with van der Waals surface area (Å²) >= 11 is 1.71. The summed E-state index contributed by atoms with van der Waals surface area (Å²) in [7, 11) is 0. The number of thioether (sulfide) groups is 1. The molecule has 2 aliphatic heterocycles. The lowest BCUT2D eigenvalue weighted by atomic mass is 10.2. The predicted octanol–water partition coefficient (Wildman–Crippen LogP) is 2.56. The van der Waals surface area contributed by atoms with Crippen molar-refractivity contribution in [1.29, 1.82) is 0 Å². The number of rotatable bonds is 2. The number of H-pyrrole nitrogens is 1. The summed E-state index contributed by atoms with van der Waals surface area (Å²) in [5, 5.41) is 3.98. The number of amides is 2. The number of carbonyl (C=O) groups excluding carboxylic acids is 2. The van der Waals surface area contributed by atoms with Crippen molar-refractivity contribution in [3.63, 3.8) is 0 Å². The molecule has 3 heterocycles. The largest absolute Gasteiger partial charge is 0.361 e. The Balaban J connectivity index is 1.60. The quantitative estimate of drug-likeness (QED) is 0.895. The SMILES string of the molecule is C[C@]12CCC(=O)N1[C@@H](C(=O)Nc1cccc3[nH]ccc13)CS2. The Morgan fingerprint density at radius 3 is 3.18 bits per heavy atom. The van der Waals surface area contributed by atoms with Gasteiger partial charge in [0.2, 0.25) is 11.8 Å². The van der Waals surface area contributed by atoms with Crippen LogP contribution in [0.5, 0.6) is 0 Å². The minimum atomic E-state index is -0.376. The van der Waals surface area contributed by atoms with E-state index in [1.165, 1.54) is 0 Å². The van der Waals surface area contributed by atoms with Crippen LogP contribution in [-0.2, 0) is 9.59 Å². The fourth-order valence-corrected chi connectivity index (χ4v) is 4.86. The number of anilines is 1. The molecule has 1 aromatic heterocycles. The molecule has 2 aromatic rings. The third-order valence-electron chi connectivity index (χ3n) is 4.60. The maximum absolute atomic E-state index is 12.7. The summed E-state index contributed by atoms with van der Waals surface area (Å²) in [6.45, 7) is 2.06. The lowest BCUT2D eigenvalue weighted by Crippen LogP contribution is -2.48. The van der Waals surface area contributed by atoms with E-state index < -0.39 is 0 Å². The standard InChI is InChI=1S/C16H17N3O2S/c1-16-7-5-14(20)19(16)13(9-22-16)15(21)18-12-4-2-3-11-10(12)6-8-17-11/h2-4,6,8,13,17H,5,7,9H2,1H3,(H,18,21)/t13-,16+/m1/s1. The van der Waals surface area contributed by atoms with Crippen molar-refractivity contribution < 1.29 is 9.59 Å². The summed E-state index contributed by atoms with van der Waals surface area (Å²) in [5.74, 6) is 0.657. The molecular weight excluding hydrogens is 298 g/mol. The first kappa shape index (κ1) is 13.7. The van der Waals surface area contributed by atoms with Gasteiger partial charge in [0.1, 0.15) is 6.04 Å². The van der Waals surface area contributed by atoms with E-state index in [0.29, 0.717) is 12.2 Å². The zero-order chi connectivity index (χ0) is 15.3. The Hall–Kier alpha value is -1.95. The number of fused-ring (bicyclic) bond motifs is 2. The third kappa shape index (κ3) is 1.94. The Morgan fingerprint density at radius 1 is 1.45 bits per heavy atom. The van der Waals surface area contributed by atoms with Crippen molar-refractivity contribution in [2.24, 2.45) is 0 Å². The van der Waals surface area contributed by atoms with E-state index in [0.717, 1.165) is 23.0 Å². The molecule has 114 valence electrons. The maximum atomic E-state index is 12.7. The van der Waals surface area contributed by atoms with Gasteiger partial charge in [-0.3, -0.25) is 9.59 Å². The van der Waals surface area contributed by atoms with E-state index in [9.17, 15) is 9.59 Å². The van der Waals surface area contributed by atoms with E-state index in [2.05, 4.69) is 17.2 Å². The minimum Gasteiger partial charge on any atom is -0.361 e. The Labute approximate surface area is 132 Å². The molecule has 2 atom stereocenters. The molecule has 0 bridgehead atoms. The number of carbonyl (C=O) groups is 2. The molecule has 4 rings (SSSR count). The highest BCUT2D eigenvalue weighted by molar-refractivity contribution is 8.01. The number of aromatic amines is 1. The molecule has 2 N–H and O–H groups in total. The second kappa shape index (κ2) is 4.78. The van der Waals surface area contributed by atoms with Crippen LogP contribution in [0.25, 0.3) is 10.9 Å². The Morgan fingerprint density at radius 2 is 2.32 bits per heavy atom. The van der Waals surface area contributed by atoms with E-state index in [1.54, 1.807) is 16.7 Å². The fraction of sp³-hybridized carbons (Fsp3) is 0.375. The summed E-state index contributed by atoms with van der Waals surface area (Å²) in [6, 6.07) is 7.33. The lowest BCUT2D eigenvalue weighted by Gasteiger charge is -2.29. The summed E-state index contributed by atoms with van der Waals surface area (Å²) in [5.41, 5.74) is 1.77. The molecule has 0 aliphatic carbocycles. The van der Waals surface area contributed by atoms with Gasteiger partial charge in [0.25, 0.3) is 0 Å². The van der Waals surface area contributed by atoms with Crippen LogP contribution in [0.1, 0.15) is 19.8 Å². The van der Waals surface area contributed by atoms with Crippen LogP contribution in [0.2, 0.25) is 0 Å². The van der Waals surface area contributed by atoms with Gasteiger partial charge < -0.3 is 15.2 Å². The highest BCUT2D eigenvalue weighted by atomic mass is 32.2. The molecule has 2 saturated heterocycles. The smallest absolute Gasteiger partial charge is 0.248 e. The van der Waals surface area contributed by atoms with Crippen LogP contribution in [0, 0.1) is 0 Å². The molecule has 1 aromatic carbocycles. The number of benzene rings is 1. The van der Waals surface area contributed by atoms with Crippen molar-refractivity contribution >= 4 is 40.2 Å². The van der Waals surface area contributed by atoms with Gasteiger partial charge in [-0.15, -0.1) is 11.8 Å². The normalized spacial score (nSPS) is 27.4. The van der Waals surface area contributed by atoms with Crippen LogP contribution in [0.3, 0.4) is 0 Å². The van der Waals surface area contributed by atoms with E-state index >= 15 is 0 Å². The van der Waals surface area contributed by atoms with Crippen molar-refractivity contribution in [3.05, 3.63) is 30.5 Å². The van der Waals surface area contributed by atoms with Crippen LogP contribution >= 0.6 is 11.8 Å². The minimum absolute atomic E-state index is 0.0903. The summed E-state index contributed by atoms with van der Waals surface area (Å²) in [4.78, 5) is 29.5. The van der Waals surface area contributed by atoms with Crippen LogP contribution < -0.4 is 5.32 Å². The van der Waals surface area contributed by atoms with E-state index in [1.807, 2.05) is 30.5 Å². The average molecular weight is 315 g/mol. The third-order valence-corrected chi connectivity index (χ3v) is 6.11. The molecule has 0 radical (unpaired) electrons. The van der Waals surface area contributed by atoms with Crippen molar-refractivity contribution in [2.45, 2.75) is 30.7 Å². The average Bonchev–Trinajstić information content (AvgIpc) is 3.16. The lowest BCUT2D eigenvalue weighted by molar-refractivity contribution is -0.135. The summed E-state index contributed by atoms with van der Waals surface area (Å²) in [6.07, 6.45) is 3.22. The number of hydrogen-bond donors (Lipinski definition) is 2. The zero-order valence-corrected chi connectivity index (χ0v) is 13.1. The highest BCUT2D eigenvalue weighted by Crippen LogP contribution is 2.47. The van der Waals surface area contributed by atoms with Gasteiger partial charge >= 0.3 is 0 Å². The van der Waals surface area contributed by atoms with Crippen molar-refractivity contribution in [1.82, 2.24) is 9.88 Å². The van der Waals surface area contributed by atoms with Gasteiger partial charge in [-0.1, -0.05) is 6.07 Å². The molecular formula is C16H17N3O2S. The Kier molecular flexibility index (Phi) is 2.97. The fourth-order valence-electron chi connectivity index (χ4n) is 3.43. The van der Waals surface area contributed by atoms with E-state index in [4.69, 9.17) is 0 Å². The molecule has 0 spiro atoms. The molecule has 0 saturated carbocycles. The molecule has 2 aliphatic rings. The van der Waals surface area contributed by atoms with Crippen molar-refractivity contribution in [2.75, 3.05) is 11.1 Å². The first-order chi connectivity index (χ1) is 10.6. The Bertz CT molecular complexity index is 772. The second-order valence-corrected chi connectivity index (χ2v) is 7.50. The van der Waals surface area contributed by atoms with Crippen molar-refractivity contribution in [3.8, 4) is 0 Å². The molecule has 5 nitrogen and oxygen atoms in total. The predicted molar refractivity (Wildman–Crippen MR) is 87.7 cm³/mol. The van der Waals surface area contributed by atoms with Gasteiger partial charge in [0, 0.05) is 29.3 Å². The van der Waals surface area contributed by atoms with Crippen LogP contribution in [-0.4, -0.2) is 38.4 Å². The first-order valence-electron chi connectivity index (χ1n) is 7.42. The number of nitrogens with one attached hydrogen (secondary N) is 2. The van der Waals surface area contributed by atoms with Crippen LogP contribution in [0.4, 0.5) is 5.69 Å². The van der Waals surface area contributed by atoms with Gasteiger partial charge in [-0.05, 0) is 31.5 Å². The first-order valence-corrected chi connectivity index (χ1v) is 8.40. The van der Waals surface area contributed by atoms with Gasteiger partial charge in [0.05, 0.1) is 10.6 Å². The second-order valence-electron chi connectivity index (χ2n) is 6.00. The zero-order valence-electron chi connectivity index (χ0n) is 12.3. The monoisotopic (exact) mass is 315 g/mol. The summed E-state index contributed by atoms with van der Waals surface area (Å²) < 4.78 is 0. The number of hydrogen-bond acceptors (Lipinski definition) is 3. The van der Waals surface area contributed by atoms with Gasteiger partial charge in [0.15, 0.2) is 0 Å². The maximum Gasteiger partial charge on any atom is 0.248 e. The topological polar surface area (TPSA) is 65.2 Å². The van der Waals surface area contributed by atoms with Gasteiger partial charge in [-0.25, -0.2) is 0 Å². The van der Waals surface area contributed by atoms with E-state index in [-0.39, 0.29) is 22.7 Å². The molecule has 22 heavy (non-hydrogen) atoms. The molecule has 2 fully saturated rings. The van der Waals surface area contributed by atoms with Gasteiger partial charge in [-0.2, -0.15) is 0 Å². The number of aromatic nitrogens is 1. The highest BCUT2D eigenvalue weighted by Gasteiger charge is 2.52.